The Bertz CT molecular complexity index is 395. The predicted octanol–water partition coefficient (Wildman–Crippen LogP) is 0.766. The lowest BCUT2D eigenvalue weighted by atomic mass is 10.3. The molecule has 6 heteroatoms. The van der Waals surface area contributed by atoms with Crippen molar-refractivity contribution in [2.24, 2.45) is 5.73 Å². The zero-order chi connectivity index (χ0) is 11.4. The Morgan fingerprint density at radius 1 is 1.60 bits per heavy atom. The molecule has 0 unspecified atom stereocenters. The lowest BCUT2D eigenvalue weighted by Crippen LogP contribution is -2.30. The predicted molar refractivity (Wildman–Crippen MR) is 53.3 cm³/mol. The van der Waals surface area contributed by atoms with E-state index in [0.29, 0.717) is 0 Å². The van der Waals surface area contributed by atoms with Crippen molar-refractivity contribution in [2.45, 2.75) is 13.0 Å². The summed E-state index contributed by atoms with van der Waals surface area (Å²) in [4.78, 5) is 25.8. The van der Waals surface area contributed by atoms with Crippen LogP contribution in [0, 0.1) is 0 Å². The molecule has 1 atom stereocenters. The van der Waals surface area contributed by atoms with Gasteiger partial charge in [0.1, 0.15) is 5.15 Å². The van der Waals surface area contributed by atoms with Gasteiger partial charge in [0, 0.05) is 6.20 Å². The molecule has 1 heterocycles. The highest BCUT2D eigenvalue weighted by Gasteiger charge is 2.18. The van der Waals surface area contributed by atoms with E-state index in [0.717, 1.165) is 0 Å². The zero-order valence-corrected chi connectivity index (χ0v) is 8.69. The topological polar surface area (TPSA) is 82.3 Å². The molecule has 0 aliphatic heterocycles. The highest BCUT2D eigenvalue weighted by molar-refractivity contribution is 6.32. The van der Waals surface area contributed by atoms with E-state index in [2.05, 4.69) is 4.98 Å². The van der Waals surface area contributed by atoms with E-state index in [4.69, 9.17) is 22.1 Å². The number of pyridine rings is 1. The molecule has 80 valence electrons. The molecule has 0 aliphatic carbocycles. The molecule has 5 nitrogen and oxygen atoms in total. The number of aromatic nitrogens is 1. The summed E-state index contributed by atoms with van der Waals surface area (Å²) < 4.78 is 4.74. The van der Waals surface area contributed by atoms with Crippen LogP contribution >= 0.6 is 11.6 Å². The molecule has 1 aromatic heterocycles. The monoisotopic (exact) mass is 228 g/mol. The molecular weight excluding hydrogens is 220 g/mol. The van der Waals surface area contributed by atoms with Crippen molar-refractivity contribution in [3.05, 3.63) is 29.0 Å². The number of carbonyl (C=O) groups excluding carboxylic acids is 2. The fourth-order valence-corrected chi connectivity index (χ4v) is 1.02. The van der Waals surface area contributed by atoms with Crippen LogP contribution in [0.2, 0.25) is 5.15 Å². The van der Waals surface area contributed by atoms with Crippen LogP contribution in [0.25, 0.3) is 0 Å². The molecule has 0 radical (unpaired) electrons. The highest BCUT2D eigenvalue weighted by atomic mass is 35.5. The van der Waals surface area contributed by atoms with Gasteiger partial charge in [-0.3, -0.25) is 4.79 Å². The molecule has 0 saturated heterocycles. The van der Waals surface area contributed by atoms with Gasteiger partial charge in [0.25, 0.3) is 5.91 Å². The largest absolute Gasteiger partial charge is 0.449 e. The summed E-state index contributed by atoms with van der Waals surface area (Å²) in [7, 11) is 0. The number of halogens is 1. The Balaban J connectivity index is 2.78. The van der Waals surface area contributed by atoms with Gasteiger partial charge >= 0.3 is 5.97 Å². The standard InChI is InChI=1S/C9H9ClN2O3/c1-5(8(11)13)15-9(14)6-3-2-4-12-7(6)10/h2-5H,1H3,(H2,11,13)/t5-/m0/s1. The van der Waals surface area contributed by atoms with Crippen molar-refractivity contribution in [1.82, 2.24) is 4.98 Å². The summed E-state index contributed by atoms with van der Waals surface area (Å²) in [5.41, 5.74) is 5.04. The molecule has 1 aromatic rings. The van der Waals surface area contributed by atoms with E-state index in [-0.39, 0.29) is 10.7 Å². The van der Waals surface area contributed by atoms with Crippen molar-refractivity contribution in [3.8, 4) is 0 Å². The van der Waals surface area contributed by atoms with Crippen molar-refractivity contribution in [3.63, 3.8) is 0 Å². The zero-order valence-electron chi connectivity index (χ0n) is 7.94. The van der Waals surface area contributed by atoms with E-state index in [1.54, 1.807) is 0 Å². The average Bonchev–Trinajstić information content (AvgIpc) is 2.18. The van der Waals surface area contributed by atoms with Gasteiger partial charge in [-0.15, -0.1) is 0 Å². The number of rotatable bonds is 3. The number of primary amides is 1. The fourth-order valence-electron chi connectivity index (χ4n) is 0.820. The number of hydrogen-bond donors (Lipinski definition) is 1. The molecule has 1 amide bonds. The van der Waals surface area contributed by atoms with Gasteiger partial charge in [0.15, 0.2) is 6.10 Å². The first-order valence-corrected chi connectivity index (χ1v) is 4.51. The van der Waals surface area contributed by atoms with E-state index >= 15 is 0 Å². The van der Waals surface area contributed by atoms with Gasteiger partial charge in [-0.25, -0.2) is 9.78 Å². The van der Waals surface area contributed by atoms with Gasteiger partial charge in [-0.05, 0) is 19.1 Å². The summed E-state index contributed by atoms with van der Waals surface area (Å²) in [6, 6.07) is 2.99. The third-order valence-corrected chi connectivity index (χ3v) is 1.96. The minimum Gasteiger partial charge on any atom is -0.449 e. The van der Waals surface area contributed by atoms with Crippen LogP contribution in [-0.4, -0.2) is 23.0 Å². The second kappa shape index (κ2) is 4.75. The summed E-state index contributed by atoms with van der Waals surface area (Å²) in [6.07, 6.45) is 0.449. The van der Waals surface area contributed by atoms with Gasteiger partial charge in [0.05, 0.1) is 5.56 Å². The number of nitrogens with zero attached hydrogens (tertiary/aromatic N) is 1. The van der Waals surface area contributed by atoms with Crippen molar-refractivity contribution < 1.29 is 14.3 Å². The Morgan fingerprint density at radius 2 is 2.27 bits per heavy atom. The summed E-state index contributed by atoms with van der Waals surface area (Å²) in [6.45, 7) is 1.38. The smallest absolute Gasteiger partial charge is 0.342 e. The van der Waals surface area contributed by atoms with E-state index in [1.165, 1.54) is 25.3 Å². The lowest BCUT2D eigenvalue weighted by molar-refractivity contribution is -0.125. The Labute approximate surface area is 91.2 Å². The maximum absolute atomic E-state index is 11.4. The van der Waals surface area contributed by atoms with Crippen LogP contribution < -0.4 is 5.73 Å². The third-order valence-electron chi connectivity index (χ3n) is 1.66. The number of nitrogens with two attached hydrogens (primary N) is 1. The van der Waals surface area contributed by atoms with Crippen molar-refractivity contribution >= 4 is 23.5 Å². The maximum Gasteiger partial charge on any atom is 0.342 e. The van der Waals surface area contributed by atoms with E-state index in [9.17, 15) is 9.59 Å². The first kappa shape index (κ1) is 11.5. The van der Waals surface area contributed by atoms with Crippen LogP contribution in [0.1, 0.15) is 17.3 Å². The quantitative estimate of drug-likeness (QED) is 0.612. The van der Waals surface area contributed by atoms with Crippen LogP contribution in [0.4, 0.5) is 0 Å². The van der Waals surface area contributed by atoms with E-state index in [1.807, 2.05) is 0 Å². The van der Waals surface area contributed by atoms with E-state index < -0.39 is 18.0 Å². The van der Waals surface area contributed by atoms with Gasteiger partial charge < -0.3 is 10.5 Å². The number of esters is 1. The molecule has 0 fully saturated rings. The molecule has 15 heavy (non-hydrogen) atoms. The lowest BCUT2D eigenvalue weighted by Gasteiger charge is -2.09. The molecule has 0 bridgehead atoms. The number of amides is 1. The maximum atomic E-state index is 11.4. The summed E-state index contributed by atoms with van der Waals surface area (Å²) >= 11 is 5.65. The minimum atomic E-state index is -0.992. The molecule has 0 aromatic carbocycles. The molecular formula is C9H9ClN2O3. The van der Waals surface area contributed by atoms with Crippen LogP contribution in [-0.2, 0) is 9.53 Å². The molecule has 0 aliphatic rings. The summed E-state index contributed by atoms with van der Waals surface area (Å²) in [5.74, 6) is -1.44. The minimum absolute atomic E-state index is 0.0270. The number of ether oxygens (including phenoxy) is 1. The SMILES string of the molecule is C[C@H](OC(=O)c1cccnc1Cl)C(N)=O. The second-order valence-electron chi connectivity index (χ2n) is 2.79. The number of carbonyl (C=O) groups is 2. The van der Waals surface area contributed by atoms with Gasteiger partial charge in [-0.1, -0.05) is 11.6 Å². The molecule has 0 spiro atoms. The molecule has 2 N–H and O–H groups in total. The fraction of sp³-hybridized carbons (Fsp3) is 0.222. The third kappa shape index (κ3) is 2.92. The normalized spacial score (nSPS) is 11.9. The van der Waals surface area contributed by atoms with Crippen LogP contribution in [0.5, 0.6) is 0 Å². The molecule has 1 rings (SSSR count). The average molecular weight is 229 g/mol. The van der Waals surface area contributed by atoms with Gasteiger partial charge in [-0.2, -0.15) is 0 Å². The first-order valence-electron chi connectivity index (χ1n) is 4.13. The first-order chi connectivity index (χ1) is 7.02. The summed E-state index contributed by atoms with van der Waals surface area (Å²) in [5, 5.41) is 0.0270. The number of hydrogen-bond acceptors (Lipinski definition) is 4. The van der Waals surface area contributed by atoms with Crippen LogP contribution in [0.15, 0.2) is 18.3 Å². The van der Waals surface area contributed by atoms with Crippen LogP contribution in [0.3, 0.4) is 0 Å². The Kier molecular flexibility index (Phi) is 3.62. The van der Waals surface area contributed by atoms with Crippen molar-refractivity contribution in [1.29, 1.82) is 0 Å². The molecule has 0 saturated carbocycles. The second-order valence-corrected chi connectivity index (χ2v) is 3.15. The highest BCUT2D eigenvalue weighted by Crippen LogP contribution is 2.13. The Morgan fingerprint density at radius 3 is 2.80 bits per heavy atom. The van der Waals surface area contributed by atoms with Gasteiger partial charge in [0.2, 0.25) is 0 Å². The van der Waals surface area contributed by atoms with Crippen molar-refractivity contribution in [2.75, 3.05) is 0 Å². The Hall–Kier alpha value is -1.62.